The SMILES string of the molecule is Oc1cccc(F)c1-c1nc2ccc(Cl)cc2n1C1CC1. The van der Waals surface area contributed by atoms with E-state index in [1.165, 1.54) is 18.2 Å². The van der Waals surface area contributed by atoms with Gasteiger partial charge in [0.25, 0.3) is 0 Å². The number of fused-ring (bicyclic) bond motifs is 1. The van der Waals surface area contributed by atoms with E-state index in [4.69, 9.17) is 11.6 Å². The fraction of sp³-hybridized carbons (Fsp3) is 0.188. The number of hydrogen-bond donors (Lipinski definition) is 1. The molecule has 0 unspecified atom stereocenters. The Bertz CT molecular complexity index is 835. The van der Waals surface area contributed by atoms with Gasteiger partial charge >= 0.3 is 0 Å². The number of halogens is 2. The van der Waals surface area contributed by atoms with Crippen LogP contribution in [0, 0.1) is 5.82 Å². The van der Waals surface area contributed by atoms with E-state index in [1.54, 1.807) is 6.07 Å². The van der Waals surface area contributed by atoms with E-state index in [9.17, 15) is 9.50 Å². The highest BCUT2D eigenvalue weighted by atomic mass is 35.5. The molecule has 0 bridgehead atoms. The molecule has 1 fully saturated rings. The number of aromatic hydroxyl groups is 1. The van der Waals surface area contributed by atoms with Gasteiger partial charge in [-0.1, -0.05) is 17.7 Å². The van der Waals surface area contributed by atoms with Crippen molar-refractivity contribution in [2.45, 2.75) is 18.9 Å². The average Bonchev–Trinajstić information content (AvgIpc) is 3.21. The molecule has 1 aliphatic rings. The largest absolute Gasteiger partial charge is 0.507 e. The molecule has 0 radical (unpaired) electrons. The molecule has 0 atom stereocenters. The van der Waals surface area contributed by atoms with Crippen LogP contribution in [-0.4, -0.2) is 14.7 Å². The number of imidazole rings is 1. The first-order chi connectivity index (χ1) is 10.1. The number of benzene rings is 2. The highest BCUT2D eigenvalue weighted by Gasteiger charge is 2.30. The van der Waals surface area contributed by atoms with Crippen molar-refractivity contribution in [2.75, 3.05) is 0 Å². The summed E-state index contributed by atoms with van der Waals surface area (Å²) in [5.41, 5.74) is 1.78. The van der Waals surface area contributed by atoms with E-state index < -0.39 is 5.82 Å². The van der Waals surface area contributed by atoms with Crippen molar-refractivity contribution in [3.63, 3.8) is 0 Å². The van der Waals surface area contributed by atoms with E-state index in [0.29, 0.717) is 16.9 Å². The van der Waals surface area contributed by atoms with Crippen LogP contribution in [0.25, 0.3) is 22.4 Å². The molecule has 0 aliphatic heterocycles. The topological polar surface area (TPSA) is 38.1 Å². The molecule has 0 spiro atoms. The standard InChI is InChI=1S/C16H12ClFN2O/c17-9-4-7-12-13(8-9)20(10-5-6-10)16(19-12)15-11(18)2-1-3-14(15)21/h1-4,7-8,10,21H,5-6H2. The number of hydrogen-bond acceptors (Lipinski definition) is 2. The minimum Gasteiger partial charge on any atom is -0.507 e. The second kappa shape index (κ2) is 4.46. The average molecular weight is 303 g/mol. The second-order valence-electron chi connectivity index (χ2n) is 5.30. The van der Waals surface area contributed by atoms with Gasteiger partial charge in [-0.3, -0.25) is 0 Å². The van der Waals surface area contributed by atoms with Crippen LogP contribution in [0.15, 0.2) is 36.4 Å². The number of nitrogens with zero attached hydrogens (tertiary/aromatic N) is 2. The Balaban J connectivity index is 2.07. The van der Waals surface area contributed by atoms with Gasteiger partial charge in [0.2, 0.25) is 0 Å². The summed E-state index contributed by atoms with van der Waals surface area (Å²) < 4.78 is 16.2. The third kappa shape index (κ3) is 1.98. The first kappa shape index (κ1) is 12.7. The summed E-state index contributed by atoms with van der Waals surface area (Å²) in [5, 5.41) is 10.7. The zero-order valence-electron chi connectivity index (χ0n) is 11.1. The number of phenolic OH excluding ortho intramolecular Hbond substituents is 1. The Kier molecular flexibility index (Phi) is 2.69. The molecule has 5 heteroatoms. The van der Waals surface area contributed by atoms with Crippen LogP contribution in [0.4, 0.5) is 4.39 Å². The molecular formula is C16H12ClFN2O. The predicted octanol–water partition coefficient (Wildman–Crippen LogP) is 4.54. The van der Waals surface area contributed by atoms with Gasteiger partial charge in [-0.25, -0.2) is 9.37 Å². The summed E-state index contributed by atoms with van der Waals surface area (Å²) in [5.74, 6) is -0.109. The molecule has 3 nitrogen and oxygen atoms in total. The van der Waals surface area contributed by atoms with Gasteiger partial charge in [0.1, 0.15) is 17.4 Å². The zero-order valence-corrected chi connectivity index (χ0v) is 11.8. The monoisotopic (exact) mass is 302 g/mol. The first-order valence-corrected chi connectivity index (χ1v) is 7.18. The molecule has 21 heavy (non-hydrogen) atoms. The molecule has 3 aromatic rings. The maximum atomic E-state index is 14.2. The van der Waals surface area contributed by atoms with Crippen molar-refractivity contribution in [3.05, 3.63) is 47.2 Å². The Morgan fingerprint density at radius 1 is 1.24 bits per heavy atom. The van der Waals surface area contributed by atoms with Gasteiger partial charge < -0.3 is 9.67 Å². The van der Waals surface area contributed by atoms with Gasteiger partial charge in [-0.05, 0) is 43.2 Å². The molecule has 1 aliphatic carbocycles. The summed E-state index contributed by atoms with van der Waals surface area (Å²) >= 11 is 6.07. The van der Waals surface area contributed by atoms with Crippen LogP contribution in [0.5, 0.6) is 5.75 Å². The maximum Gasteiger partial charge on any atom is 0.148 e. The summed E-state index contributed by atoms with van der Waals surface area (Å²) in [4.78, 5) is 4.51. The second-order valence-corrected chi connectivity index (χ2v) is 5.74. The molecular weight excluding hydrogens is 291 g/mol. The summed E-state index contributed by atoms with van der Waals surface area (Å²) in [6.45, 7) is 0. The van der Waals surface area contributed by atoms with Crippen molar-refractivity contribution >= 4 is 22.6 Å². The molecule has 1 heterocycles. The summed E-state index contributed by atoms with van der Waals surface area (Å²) in [7, 11) is 0. The highest BCUT2D eigenvalue weighted by molar-refractivity contribution is 6.31. The normalized spacial score (nSPS) is 14.8. The van der Waals surface area contributed by atoms with Crippen LogP contribution in [0.3, 0.4) is 0 Å². The number of rotatable bonds is 2. The van der Waals surface area contributed by atoms with Gasteiger partial charge in [-0.2, -0.15) is 0 Å². The number of phenols is 1. The lowest BCUT2D eigenvalue weighted by Gasteiger charge is -2.10. The summed E-state index contributed by atoms with van der Waals surface area (Å²) in [6, 6.07) is 10.00. The highest BCUT2D eigenvalue weighted by Crippen LogP contribution is 2.43. The molecule has 0 amide bonds. The minimum absolute atomic E-state index is 0.0988. The van der Waals surface area contributed by atoms with Crippen molar-refractivity contribution in [2.24, 2.45) is 0 Å². The molecule has 1 aromatic heterocycles. The van der Waals surface area contributed by atoms with E-state index in [1.807, 2.05) is 16.7 Å². The van der Waals surface area contributed by atoms with Gasteiger partial charge in [0, 0.05) is 11.1 Å². The zero-order chi connectivity index (χ0) is 14.6. The Labute approximate surface area is 125 Å². The minimum atomic E-state index is -0.474. The molecule has 4 rings (SSSR count). The lowest BCUT2D eigenvalue weighted by molar-refractivity contribution is 0.470. The van der Waals surface area contributed by atoms with Crippen LogP contribution in [0.1, 0.15) is 18.9 Å². The van der Waals surface area contributed by atoms with Crippen molar-refractivity contribution in [1.29, 1.82) is 0 Å². The van der Waals surface area contributed by atoms with E-state index in [-0.39, 0.29) is 11.3 Å². The van der Waals surface area contributed by atoms with Crippen LogP contribution in [0.2, 0.25) is 5.02 Å². The third-order valence-corrected chi connectivity index (χ3v) is 4.01. The molecule has 1 saturated carbocycles. The van der Waals surface area contributed by atoms with E-state index in [0.717, 1.165) is 23.9 Å². The molecule has 1 N–H and O–H groups in total. The first-order valence-electron chi connectivity index (χ1n) is 6.80. The van der Waals surface area contributed by atoms with Crippen molar-refractivity contribution in [3.8, 4) is 17.1 Å². The Morgan fingerprint density at radius 3 is 2.76 bits per heavy atom. The lowest BCUT2D eigenvalue weighted by Crippen LogP contribution is -1.99. The van der Waals surface area contributed by atoms with Gasteiger partial charge in [-0.15, -0.1) is 0 Å². The van der Waals surface area contributed by atoms with Gasteiger partial charge in [0.15, 0.2) is 0 Å². The molecule has 0 saturated heterocycles. The van der Waals surface area contributed by atoms with Crippen LogP contribution in [-0.2, 0) is 0 Å². The fourth-order valence-electron chi connectivity index (χ4n) is 2.68. The quantitative estimate of drug-likeness (QED) is 0.755. The maximum absolute atomic E-state index is 14.2. The smallest absolute Gasteiger partial charge is 0.148 e. The lowest BCUT2D eigenvalue weighted by atomic mass is 10.1. The number of aromatic nitrogens is 2. The van der Waals surface area contributed by atoms with Crippen LogP contribution >= 0.6 is 11.6 Å². The molecule has 2 aromatic carbocycles. The summed E-state index contributed by atoms with van der Waals surface area (Å²) in [6.07, 6.45) is 2.06. The van der Waals surface area contributed by atoms with Crippen molar-refractivity contribution in [1.82, 2.24) is 9.55 Å². The predicted molar refractivity (Wildman–Crippen MR) is 80.1 cm³/mol. The van der Waals surface area contributed by atoms with Crippen LogP contribution < -0.4 is 0 Å². The van der Waals surface area contributed by atoms with E-state index in [2.05, 4.69) is 4.98 Å². The van der Waals surface area contributed by atoms with E-state index >= 15 is 0 Å². The fourth-order valence-corrected chi connectivity index (χ4v) is 2.85. The van der Waals surface area contributed by atoms with Crippen molar-refractivity contribution < 1.29 is 9.50 Å². The third-order valence-electron chi connectivity index (χ3n) is 3.78. The Hall–Kier alpha value is -2.07. The van der Waals surface area contributed by atoms with Gasteiger partial charge in [0.05, 0.1) is 16.6 Å². The Morgan fingerprint density at radius 2 is 2.05 bits per heavy atom. The molecule has 106 valence electrons.